The zero-order valence-corrected chi connectivity index (χ0v) is 11.6. The average Bonchev–Trinajstić information content (AvgIpc) is 2.39. The standard InChI is InChI=1S/C15H26N2O/c1-3-5-6-7-11-17-14(18)15(8-4-2)9-12-16-13-10-15/h1,16H,4-13H2,2H3,(H,17,18). The molecule has 3 nitrogen and oxygen atoms in total. The first-order chi connectivity index (χ1) is 8.75. The number of carbonyl (C=O) groups excluding carboxylic acids is 1. The summed E-state index contributed by atoms with van der Waals surface area (Å²) in [6, 6.07) is 0. The van der Waals surface area contributed by atoms with Crippen molar-refractivity contribution in [3.05, 3.63) is 0 Å². The number of terminal acetylenes is 1. The third-order valence-corrected chi connectivity index (χ3v) is 3.80. The minimum atomic E-state index is -0.119. The molecule has 1 fully saturated rings. The van der Waals surface area contributed by atoms with Crippen LogP contribution in [0.4, 0.5) is 0 Å². The Hall–Kier alpha value is -1.01. The highest BCUT2D eigenvalue weighted by Crippen LogP contribution is 2.34. The molecule has 18 heavy (non-hydrogen) atoms. The molecule has 0 aromatic carbocycles. The minimum absolute atomic E-state index is 0.119. The number of amides is 1. The van der Waals surface area contributed by atoms with Gasteiger partial charge in [-0.15, -0.1) is 12.3 Å². The molecule has 1 aliphatic rings. The Bertz CT molecular complexity index is 282. The lowest BCUT2D eigenvalue weighted by Crippen LogP contribution is -2.47. The number of nitrogens with one attached hydrogen (secondary N) is 2. The highest BCUT2D eigenvalue weighted by atomic mass is 16.2. The molecule has 1 aliphatic heterocycles. The van der Waals surface area contributed by atoms with E-state index < -0.39 is 0 Å². The third-order valence-electron chi connectivity index (χ3n) is 3.80. The summed E-state index contributed by atoms with van der Waals surface area (Å²) >= 11 is 0. The van der Waals surface area contributed by atoms with Crippen molar-refractivity contribution in [3.8, 4) is 12.3 Å². The second-order valence-corrected chi connectivity index (χ2v) is 5.20. The van der Waals surface area contributed by atoms with Crippen LogP contribution in [0.3, 0.4) is 0 Å². The molecule has 1 rings (SSSR count). The Morgan fingerprint density at radius 1 is 1.39 bits per heavy atom. The molecule has 0 spiro atoms. The van der Waals surface area contributed by atoms with E-state index in [9.17, 15) is 4.79 Å². The van der Waals surface area contributed by atoms with Crippen LogP contribution < -0.4 is 10.6 Å². The zero-order chi connectivity index (χ0) is 13.3. The molecule has 0 saturated carbocycles. The van der Waals surface area contributed by atoms with Crippen molar-refractivity contribution in [3.63, 3.8) is 0 Å². The number of rotatable bonds is 7. The minimum Gasteiger partial charge on any atom is -0.356 e. The normalized spacial score (nSPS) is 18.0. The van der Waals surface area contributed by atoms with Crippen LogP contribution in [-0.2, 0) is 4.79 Å². The zero-order valence-electron chi connectivity index (χ0n) is 11.6. The van der Waals surface area contributed by atoms with Gasteiger partial charge in [-0.05, 0) is 45.2 Å². The van der Waals surface area contributed by atoms with Crippen molar-refractivity contribution in [2.45, 2.75) is 51.9 Å². The molecule has 1 amide bonds. The fourth-order valence-corrected chi connectivity index (χ4v) is 2.72. The molecular weight excluding hydrogens is 224 g/mol. The van der Waals surface area contributed by atoms with E-state index in [0.717, 1.165) is 64.6 Å². The number of hydrogen-bond donors (Lipinski definition) is 2. The van der Waals surface area contributed by atoms with E-state index >= 15 is 0 Å². The number of unbranched alkanes of at least 4 members (excludes halogenated alkanes) is 2. The third kappa shape index (κ3) is 4.34. The second kappa shape index (κ2) is 8.16. The highest BCUT2D eigenvalue weighted by Gasteiger charge is 2.38. The van der Waals surface area contributed by atoms with Crippen LogP contribution in [0, 0.1) is 17.8 Å². The van der Waals surface area contributed by atoms with Gasteiger partial charge in [0.05, 0.1) is 5.41 Å². The van der Waals surface area contributed by atoms with E-state index in [1.54, 1.807) is 0 Å². The van der Waals surface area contributed by atoms with Crippen LogP contribution in [0.5, 0.6) is 0 Å². The maximum atomic E-state index is 12.4. The van der Waals surface area contributed by atoms with Crippen molar-refractivity contribution in [2.24, 2.45) is 5.41 Å². The van der Waals surface area contributed by atoms with Gasteiger partial charge in [0.2, 0.25) is 5.91 Å². The summed E-state index contributed by atoms with van der Waals surface area (Å²) in [4.78, 5) is 12.4. The molecule has 0 aromatic rings. The molecule has 0 aromatic heterocycles. The predicted molar refractivity (Wildman–Crippen MR) is 75.1 cm³/mol. The summed E-state index contributed by atoms with van der Waals surface area (Å²) in [5.41, 5.74) is -0.119. The molecule has 0 radical (unpaired) electrons. The van der Waals surface area contributed by atoms with Crippen molar-refractivity contribution < 1.29 is 4.79 Å². The van der Waals surface area contributed by atoms with Crippen molar-refractivity contribution >= 4 is 5.91 Å². The summed E-state index contributed by atoms with van der Waals surface area (Å²) in [6.07, 6.45) is 12.0. The fourth-order valence-electron chi connectivity index (χ4n) is 2.72. The summed E-state index contributed by atoms with van der Waals surface area (Å²) in [6.45, 7) is 4.85. The van der Waals surface area contributed by atoms with Crippen molar-refractivity contribution in [2.75, 3.05) is 19.6 Å². The van der Waals surface area contributed by atoms with Gasteiger partial charge in [0, 0.05) is 13.0 Å². The highest BCUT2D eigenvalue weighted by molar-refractivity contribution is 5.82. The Balaban J connectivity index is 2.37. The van der Waals surface area contributed by atoms with Gasteiger partial charge in [-0.25, -0.2) is 0 Å². The molecule has 0 bridgehead atoms. The van der Waals surface area contributed by atoms with Gasteiger partial charge < -0.3 is 10.6 Å². The van der Waals surface area contributed by atoms with E-state index in [-0.39, 0.29) is 11.3 Å². The largest absolute Gasteiger partial charge is 0.356 e. The van der Waals surface area contributed by atoms with Gasteiger partial charge in [0.15, 0.2) is 0 Å². The molecule has 0 atom stereocenters. The van der Waals surface area contributed by atoms with Crippen LogP contribution in [0.2, 0.25) is 0 Å². The van der Waals surface area contributed by atoms with Crippen LogP contribution in [0.1, 0.15) is 51.9 Å². The van der Waals surface area contributed by atoms with E-state index in [1.807, 2.05) is 0 Å². The Morgan fingerprint density at radius 2 is 2.11 bits per heavy atom. The van der Waals surface area contributed by atoms with Crippen LogP contribution in [0.15, 0.2) is 0 Å². The SMILES string of the molecule is C#CCCCCNC(=O)C1(CCC)CCNCC1. The lowest BCUT2D eigenvalue weighted by atomic mass is 9.74. The van der Waals surface area contributed by atoms with E-state index in [0.29, 0.717) is 0 Å². The van der Waals surface area contributed by atoms with Crippen molar-refractivity contribution in [1.29, 1.82) is 0 Å². The van der Waals surface area contributed by atoms with Gasteiger partial charge in [0.25, 0.3) is 0 Å². The Morgan fingerprint density at radius 3 is 2.72 bits per heavy atom. The van der Waals surface area contributed by atoms with Crippen LogP contribution >= 0.6 is 0 Å². The summed E-state index contributed by atoms with van der Waals surface area (Å²) in [5, 5.41) is 6.44. The van der Waals surface area contributed by atoms with Crippen molar-refractivity contribution in [1.82, 2.24) is 10.6 Å². The topological polar surface area (TPSA) is 41.1 Å². The molecular formula is C15H26N2O. The molecule has 0 unspecified atom stereocenters. The smallest absolute Gasteiger partial charge is 0.226 e. The fraction of sp³-hybridized carbons (Fsp3) is 0.800. The average molecular weight is 250 g/mol. The van der Waals surface area contributed by atoms with Gasteiger partial charge in [-0.1, -0.05) is 13.3 Å². The van der Waals surface area contributed by atoms with Gasteiger partial charge in [0.1, 0.15) is 0 Å². The van der Waals surface area contributed by atoms with Gasteiger partial charge >= 0.3 is 0 Å². The summed E-state index contributed by atoms with van der Waals surface area (Å²) in [5.74, 6) is 2.88. The molecule has 0 aliphatic carbocycles. The Kier molecular flexibility index (Phi) is 6.82. The monoisotopic (exact) mass is 250 g/mol. The molecule has 1 saturated heterocycles. The molecule has 1 heterocycles. The summed E-state index contributed by atoms with van der Waals surface area (Å²) in [7, 11) is 0. The van der Waals surface area contributed by atoms with Crippen LogP contribution in [-0.4, -0.2) is 25.5 Å². The first-order valence-electron chi connectivity index (χ1n) is 7.17. The Labute approximate surface area is 111 Å². The summed E-state index contributed by atoms with van der Waals surface area (Å²) < 4.78 is 0. The molecule has 2 N–H and O–H groups in total. The lowest BCUT2D eigenvalue weighted by Gasteiger charge is -2.36. The number of carbonyl (C=O) groups is 1. The van der Waals surface area contributed by atoms with Crippen LogP contribution in [0.25, 0.3) is 0 Å². The maximum absolute atomic E-state index is 12.4. The van der Waals surface area contributed by atoms with E-state index in [2.05, 4.69) is 23.5 Å². The number of hydrogen-bond acceptors (Lipinski definition) is 2. The van der Waals surface area contributed by atoms with E-state index in [4.69, 9.17) is 6.42 Å². The van der Waals surface area contributed by atoms with E-state index in [1.165, 1.54) is 0 Å². The molecule has 102 valence electrons. The maximum Gasteiger partial charge on any atom is 0.226 e. The van der Waals surface area contributed by atoms with Gasteiger partial charge in [-0.3, -0.25) is 4.79 Å². The lowest BCUT2D eigenvalue weighted by molar-refractivity contribution is -0.133. The predicted octanol–water partition coefficient (Wildman–Crippen LogP) is 2.08. The quantitative estimate of drug-likeness (QED) is 0.536. The first-order valence-corrected chi connectivity index (χ1v) is 7.17. The molecule has 3 heteroatoms. The number of piperidine rings is 1. The van der Waals surface area contributed by atoms with Gasteiger partial charge in [-0.2, -0.15) is 0 Å². The second-order valence-electron chi connectivity index (χ2n) is 5.20. The first kappa shape index (κ1) is 15.0.